The first-order valence-electron chi connectivity index (χ1n) is 4.08. The van der Waals surface area contributed by atoms with Gasteiger partial charge in [0.1, 0.15) is 12.0 Å². The van der Waals surface area contributed by atoms with Crippen LogP contribution in [-0.2, 0) is 0 Å². The van der Waals surface area contributed by atoms with Crippen molar-refractivity contribution < 1.29 is 4.92 Å². The van der Waals surface area contributed by atoms with E-state index in [1.54, 1.807) is 12.2 Å². The van der Waals surface area contributed by atoms with Crippen LogP contribution in [0.1, 0.15) is 12.0 Å². The summed E-state index contributed by atoms with van der Waals surface area (Å²) < 4.78 is 0. The van der Waals surface area contributed by atoms with Crippen molar-refractivity contribution in [1.29, 1.82) is 5.26 Å². The van der Waals surface area contributed by atoms with E-state index < -0.39 is 4.92 Å². The zero-order valence-corrected chi connectivity index (χ0v) is 7.75. The molecule has 1 rings (SSSR count). The Kier molecular flexibility index (Phi) is 3.35. The number of pyridine rings is 1. The zero-order chi connectivity index (χ0) is 11.3. The summed E-state index contributed by atoms with van der Waals surface area (Å²) in [5.74, 6) is 0.204. The maximum Gasteiger partial charge on any atom is 0.288 e. The molecule has 0 saturated heterocycles. The molecule has 2 N–H and O–H groups in total. The molecule has 0 unspecified atom stereocenters. The first kappa shape index (κ1) is 10.7. The molecule has 0 aliphatic rings. The van der Waals surface area contributed by atoms with E-state index in [2.05, 4.69) is 4.98 Å². The Morgan fingerprint density at radius 1 is 1.73 bits per heavy atom. The Morgan fingerprint density at radius 2 is 2.47 bits per heavy atom. The average molecular weight is 204 g/mol. The molecule has 1 aromatic rings. The standard InChI is InChI=1S/C9H8N4O2/c10-4-2-1-3-7-5-8(13(14)15)6-12-9(7)11/h1,3,5-6H,2H2,(H2,11,12). The number of hydrogen-bond donors (Lipinski definition) is 1. The van der Waals surface area contributed by atoms with Crippen LogP contribution >= 0.6 is 0 Å². The fourth-order valence-electron chi connectivity index (χ4n) is 0.953. The number of aromatic nitrogens is 1. The zero-order valence-electron chi connectivity index (χ0n) is 7.75. The molecule has 0 fully saturated rings. The van der Waals surface area contributed by atoms with Gasteiger partial charge in [-0.25, -0.2) is 4.98 Å². The maximum absolute atomic E-state index is 10.4. The highest BCUT2D eigenvalue weighted by molar-refractivity contribution is 5.63. The number of nitrogens with two attached hydrogens (primary N) is 1. The Bertz CT molecular complexity index is 448. The summed E-state index contributed by atoms with van der Waals surface area (Å²) in [4.78, 5) is 13.6. The summed E-state index contributed by atoms with van der Waals surface area (Å²) in [5, 5.41) is 18.7. The molecule has 6 heteroatoms. The minimum Gasteiger partial charge on any atom is -0.383 e. The number of hydrogen-bond acceptors (Lipinski definition) is 5. The lowest BCUT2D eigenvalue weighted by molar-refractivity contribution is -0.385. The smallest absolute Gasteiger partial charge is 0.288 e. The Hall–Kier alpha value is -2.42. The van der Waals surface area contributed by atoms with Gasteiger partial charge in [-0.3, -0.25) is 10.1 Å². The molecule has 0 saturated carbocycles. The first-order valence-corrected chi connectivity index (χ1v) is 4.08. The summed E-state index contributed by atoms with van der Waals surface area (Å²) in [6.07, 6.45) is 4.43. The fourth-order valence-corrected chi connectivity index (χ4v) is 0.953. The van der Waals surface area contributed by atoms with Gasteiger partial charge < -0.3 is 5.73 Å². The van der Waals surface area contributed by atoms with E-state index in [4.69, 9.17) is 11.0 Å². The Labute approximate surface area is 85.8 Å². The number of nitriles is 1. The lowest BCUT2D eigenvalue weighted by Gasteiger charge is -1.98. The SMILES string of the molecule is N#CCC=Cc1cc([N+](=O)[O-])cnc1N. The third kappa shape index (κ3) is 2.77. The van der Waals surface area contributed by atoms with Gasteiger partial charge in [-0.15, -0.1) is 0 Å². The monoisotopic (exact) mass is 204 g/mol. The van der Waals surface area contributed by atoms with Crippen molar-refractivity contribution in [2.75, 3.05) is 5.73 Å². The van der Waals surface area contributed by atoms with E-state index in [9.17, 15) is 10.1 Å². The van der Waals surface area contributed by atoms with E-state index in [0.717, 1.165) is 6.20 Å². The van der Waals surface area contributed by atoms with E-state index in [-0.39, 0.29) is 17.9 Å². The van der Waals surface area contributed by atoms with Gasteiger partial charge in [-0.1, -0.05) is 12.2 Å². The molecule has 0 aromatic carbocycles. The van der Waals surface area contributed by atoms with Gasteiger partial charge in [-0.2, -0.15) is 5.26 Å². The molecule has 0 atom stereocenters. The second-order valence-electron chi connectivity index (χ2n) is 2.69. The molecule has 15 heavy (non-hydrogen) atoms. The lowest BCUT2D eigenvalue weighted by Crippen LogP contribution is -1.96. The number of allylic oxidation sites excluding steroid dienone is 1. The van der Waals surface area contributed by atoms with Crippen LogP contribution in [0.25, 0.3) is 6.08 Å². The maximum atomic E-state index is 10.4. The van der Waals surface area contributed by atoms with E-state index in [1.807, 2.05) is 6.07 Å². The largest absolute Gasteiger partial charge is 0.383 e. The highest BCUT2D eigenvalue weighted by Crippen LogP contribution is 2.17. The summed E-state index contributed by atoms with van der Waals surface area (Å²) in [5.41, 5.74) is 5.82. The van der Waals surface area contributed by atoms with Gasteiger partial charge in [0.05, 0.1) is 17.4 Å². The van der Waals surface area contributed by atoms with Crippen molar-refractivity contribution in [2.24, 2.45) is 0 Å². The van der Waals surface area contributed by atoms with E-state index in [0.29, 0.717) is 5.56 Å². The molecule has 76 valence electrons. The van der Waals surface area contributed by atoms with Crippen LogP contribution in [0, 0.1) is 21.4 Å². The van der Waals surface area contributed by atoms with Gasteiger partial charge in [-0.05, 0) is 0 Å². The van der Waals surface area contributed by atoms with Crippen molar-refractivity contribution in [3.8, 4) is 6.07 Å². The van der Waals surface area contributed by atoms with Crippen LogP contribution in [0.3, 0.4) is 0 Å². The topological polar surface area (TPSA) is 106 Å². The van der Waals surface area contributed by atoms with Gasteiger partial charge in [0.25, 0.3) is 5.69 Å². The fraction of sp³-hybridized carbons (Fsp3) is 0.111. The molecule has 1 heterocycles. The van der Waals surface area contributed by atoms with E-state index in [1.165, 1.54) is 6.07 Å². The molecular formula is C9H8N4O2. The molecule has 1 aromatic heterocycles. The highest BCUT2D eigenvalue weighted by Gasteiger charge is 2.08. The summed E-state index contributed by atoms with van der Waals surface area (Å²) >= 11 is 0. The van der Waals surface area contributed by atoms with Crippen LogP contribution < -0.4 is 5.73 Å². The van der Waals surface area contributed by atoms with Crippen LogP contribution in [0.2, 0.25) is 0 Å². The van der Waals surface area contributed by atoms with Gasteiger partial charge in [0, 0.05) is 11.6 Å². The summed E-state index contributed by atoms with van der Waals surface area (Å²) in [6.45, 7) is 0. The number of rotatable bonds is 3. The van der Waals surface area contributed by atoms with Gasteiger partial charge in [0.2, 0.25) is 0 Å². The second kappa shape index (κ2) is 4.72. The van der Waals surface area contributed by atoms with Crippen LogP contribution in [0.4, 0.5) is 11.5 Å². The molecule has 0 aliphatic carbocycles. The van der Waals surface area contributed by atoms with Gasteiger partial charge >= 0.3 is 0 Å². The van der Waals surface area contributed by atoms with E-state index >= 15 is 0 Å². The number of nitrogens with zero attached hydrogens (tertiary/aromatic N) is 3. The summed E-state index contributed by atoms with van der Waals surface area (Å²) in [6, 6.07) is 3.23. The normalized spacial score (nSPS) is 10.1. The minimum atomic E-state index is -0.548. The van der Waals surface area contributed by atoms with Crippen molar-refractivity contribution in [2.45, 2.75) is 6.42 Å². The summed E-state index contributed by atoms with van der Waals surface area (Å²) in [7, 11) is 0. The third-order valence-electron chi connectivity index (χ3n) is 1.65. The van der Waals surface area contributed by atoms with Crippen LogP contribution in [0.5, 0.6) is 0 Å². The van der Waals surface area contributed by atoms with Crippen molar-refractivity contribution >= 4 is 17.6 Å². The predicted octanol–water partition coefficient (Wildman–Crippen LogP) is 1.50. The molecule has 0 spiro atoms. The predicted molar refractivity (Wildman–Crippen MR) is 54.6 cm³/mol. The highest BCUT2D eigenvalue weighted by atomic mass is 16.6. The number of nitro groups is 1. The third-order valence-corrected chi connectivity index (χ3v) is 1.65. The minimum absolute atomic E-state index is 0.124. The van der Waals surface area contributed by atoms with Crippen molar-refractivity contribution in [3.63, 3.8) is 0 Å². The quantitative estimate of drug-likeness (QED) is 0.593. The van der Waals surface area contributed by atoms with Crippen molar-refractivity contribution in [3.05, 3.63) is 34.0 Å². The average Bonchev–Trinajstić information content (AvgIpc) is 2.20. The second-order valence-corrected chi connectivity index (χ2v) is 2.69. The Morgan fingerprint density at radius 3 is 3.07 bits per heavy atom. The number of nitrogen functional groups attached to an aromatic ring is 1. The molecule has 0 aliphatic heterocycles. The molecule has 0 bridgehead atoms. The number of anilines is 1. The first-order chi connectivity index (χ1) is 7.15. The molecule has 0 radical (unpaired) electrons. The van der Waals surface area contributed by atoms with Gasteiger partial charge in [0.15, 0.2) is 0 Å². The Balaban J connectivity index is 3.01. The van der Waals surface area contributed by atoms with Crippen LogP contribution in [0.15, 0.2) is 18.3 Å². The van der Waals surface area contributed by atoms with Crippen molar-refractivity contribution in [1.82, 2.24) is 4.98 Å². The molecule has 0 amide bonds. The lowest BCUT2D eigenvalue weighted by atomic mass is 10.2. The molecule has 6 nitrogen and oxygen atoms in total. The molecular weight excluding hydrogens is 196 g/mol. The van der Waals surface area contributed by atoms with Crippen LogP contribution in [-0.4, -0.2) is 9.91 Å².